The molecule has 1 aliphatic heterocycles. The fourth-order valence-electron chi connectivity index (χ4n) is 4.75. The molecular formula is C28H27N3O4. The summed E-state index contributed by atoms with van der Waals surface area (Å²) in [5, 5.41) is 4.08. The fourth-order valence-corrected chi connectivity index (χ4v) is 4.75. The monoisotopic (exact) mass is 469 g/mol. The first-order valence-electron chi connectivity index (χ1n) is 11.5. The molecule has 5 rings (SSSR count). The van der Waals surface area contributed by atoms with E-state index in [1.165, 1.54) is 12.7 Å². The molecule has 0 spiro atoms. The lowest BCUT2D eigenvalue weighted by Crippen LogP contribution is -2.43. The number of nitrogens with one attached hydrogen (secondary N) is 2. The van der Waals surface area contributed by atoms with Crippen LogP contribution in [0.4, 0.5) is 10.5 Å². The number of methoxy groups -OCH3 is 2. The first-order chi connectivity index (χ1) is 17.0. The number of rotatable bonds is 4. The minimum Gasteiger partial charge on any atom is -0.497 e. The number of nitrogens with zero attached hydrogens (tertiary/aromatic N) is 1. The number of aromatic nitrogens is 1. The largest absolute Gasteiger partial charge is 0.497 e. The Bertz CT molecular complexity index is 1410. The van der Waals surface area contributed by atoms with Gasteiger partial charge in [-0.3, -0.25) is 0 Å². The Balaban J connectivity index is 1.54. The SMILES string of the molecule is COC(=O)c1cccc(NC(=O)N2CCc3c([nH]c4ccc(OC)cc34)[C@@H]2c2ccc(C)cc2)c1. The molecule has 1 atom stereocenters. The molecule has 0 saturated heterocycles. The van der Waals surface area contributed by atoms with E-state index in [2.05, 4.69) is 34.6 Å². The van der Waals surface area contributed by atoms with Crippen LogP contribution in [0, 0.1) is 6.92 Å². The highest BCUT2D eigenvalue weighted by atomic mass is 16.5. The number of carbonyl (C=O) groups excluding carboxylic acids is 2. The molecule has 1 aromatic heterocycles. The van der Waals surface area contributed by atoms with Gasteiger partial charge in [0.25, 0.3) is 0 Å². The Morgan fingerprint density at radius 3 is 2.57 bits per heavy atom. The van der Waals surface area contributed by atoms with Crippen molar-refractivity contribution in [3.05, 3.63) is 94.7 Å². The van der Waals surface area contributed by atoms with E-state index < -0.39 is 5.97 Å². The van der Waals surface area contributed by atoms with Gasteiger partial charge in [0.05, 0.1) is 25.8 Å². The predicted molar refractivity (Wildman–Crippen MR) is 135 cm³/mol. The molecule has 0 fully saturated rings. The summed E-state index contributed by atoms with van der Waals surface area (Å²) >= 11 is 0. The van der Waals surface area contributed by atoms with Gasteiger partial charge < -0.3 is 24.7 Å². The highest BCUT2D eigenvalue weighted by Gasteiger charge is 2.34. The zero-order chi connectivity index (χ0) is 24.5. The predicted octanol–water partition coefficient (Wildman–Crippen LogP) is 5.45. The van der Waals surface area contributed by atoms with Crippen LogP contribution in [0.2, 0.25) is 0 Å². The van der Waals surface area contributed by atoms with Crippen molar-refractivity contribution in [1.29, 1.82) is 0 Å². The van der Waals surface area contributed by atoms with Crippen LogP contribution in [-0.4, -0.2) is 42.6 Å². The van der Waals surface area contributed by atoms with E-state index in [9.17, 15) is 9.59 Å². The van der Waals surface area contributed by atoms with E-state index >= 15 is 0 Å². The van der Waals surface area contributed by atoms with E-state index in [0.717, 1.165) is 33.5 Å². The number of amides is 2. The molecule has 0 unspecified atom stereocenters. The van der Waals surface area contributed by atoms with E-state index in [0.29, 0.717) is 24.2 Å². The van der Waals surface area contributed by atoms with Gasteiger partial charge in [-0.25, -0.2) is 9.59 Å². The summed E-state index contributed by atoms with van der Waals surface area (Å²) in [4.78, 5) is 30.9. The molecular weight excluding hydrogens is 442 g/mol. The van der Waals surface area contributed by atoms with E-state index in [1.807, 2.05) is 30.0 Å². The molecule has 4 aromatic rings. The minimum absolute atomic E-state index is 0.237. The first-order valence-corrected chi connectivity index (χ1v) is 11.5. The summed E-state index contributed by atoms with van der Waals surface area (Å²) in [5.74, 6) is 0.353. The lowest BCUT2D eigenvalue weighted by Gasteiger charge is -2.36. The van der Waals surface area contributed by atoms with Crippen molar-refractivity contribution in [2.24, 2.45) is 0 Å². The third-order valence-electron chi connectivity index (χ3n) is 6.52. The normalized spacial score (nSPS) is 14.9. The van der Waals surface area contributed by atoms with Crippen LogP contribution >= 0.6 is 0 Å². The minimum atomic E-state index is -0.449. The summed E-state index contributed by atoms with van der Waals surface area (Å²) in [5.41, 5.74) is 6.30. The number of esters is 1. The topological polar surface area (TPSA) is 83.7 Å². The zero-order valence-corrected chi connectivity index (χ0v) is 19.9. The van der Waals surface area contributed by atoms with Crippen LogP contribution in [0.3, 0.4) is 0 Å². The van der Waals surface area contributed by atoms with Crippen molar-refractivity contribution >= 4 is 28.6 Å². The number of anilines is 1. The van der Waals surface area contributed by atoms with Gasteiger partial charge in [0.2, 0.25) is 0 Å². The maximum absolute atomic E-state index is 13.6. The summed E-state index contributed by atoms with van der Waals surface area (Å²) in [6.07, 6.45) is 0.709. The summed E-state index contributed by atoms with van der Waals surface area (Å²) in [7, 11) is 3.00. The number of hydrogen-bond acceptors (Lipinski definition) is 4. The fraction of sp³-hybridized carbons (Fsp3) is 0.214. The van der Waals surface area contributed by atoms with Crippen LogP contribution in [0.1, 0.15) is 38.8 Å². The summed E-state index contributed by atoms with van der Waals surface area (Å²) in [6.45, 7) is 2.59. The van der Waals surface area contributed by atoms with Gasteiger partial charge in [-0.15, -0.1) is 0 Å². The molecule has 0 saturated carbocycles. The molecule has 0 bridgehead atoms. The number of benzene rings is 3. The second-order valence-corrected chi connectivity index (χ2v) is 8.69. The number of carbonyl (C=O) groups is 2. The van der Waals surface area contributed by atoms with Crippen LogP contribution in [0.15, 0.2) is 66.7 Å². The van der Waals surface area contributed by atoms with Crippen molar-refractivity contribution in [3.63, 3.8) is 0 Å². The maximum Gasteiger partial charge on any atom is 0.337 e. The average molecular weight is 470 g/mol. The van der Waals surface area contributed by atoms with Crippen molar-refractivity contribution in [2.75, 3.05) is 26.1 Å². The van der Waals surface area contributed by atoms with Crippen LogP contribution in [-0.2, 0) is 11.2 Å². The lowest BCUT2D eigenvalue weighted by atomic mass is 9.92. The molecule has 2 N–H and O–H groups in total. The molecule has 7 nitrogen and oxygen atoms in total. The van der Waals surface area contributed by atoms with Crippen molar-refractivity contribution in [3.8, 4) is 5.75 Å². The third-order valence-corrected chi connectivity index (χ3v) is 6.52. The molecule has 178 valence electrons. The first kappa shape index (κ1) is 22.5. The standard InChI is InChI=1S/C28H27N3O4/c1-17-7-9-18(10-8-17)26-25-22(23-16-21(34-2)11-12-24(23)30-25)13-14-31(26)28(33)29-20-6-4-5-19(15-20)27(32)35-3/h4-12,15-16,26,30H,13-14H2,1-3H3,(H,29,33)/t26-/m0/s1. The number of urea groups is 1. The van der Waals surface area contributed by atoms with Crippen LogP contribution in [0.5, 0.6) is 5.75 Å². The molecule has 35 heavy (non-hydrogen) atoms. The van der Waals surface area contributed by atoms with E-state index in [4.69, 9.17) is 9.47 Å². The Morgan fingerprint density at radius 2 is 1.83 bits per heavy atom. The van der Waals surface area contributed by atoms with Gasteiger partial charge in [0.1, 0.15) is 5.75 Å². The maximum atomic E-state index is 13.6. The highest BCUT2D eigenvalue weighted by Crippen LogP contribution is 2.39. The number of H-pyrrole nitrogens is 1. The average Bonchev–Trinajstić information content (AvgIpc) is 3.26. The number of aromatic amines is 1. The Labute approximate surface area is 203 Å². The molecule has 2 amide bonds. The second-order valence-electron chi connectivity index (χ2n) is 8.69. The Morgan fingerprint density at radius 1 is 1.03 bits per heavy atom. The van der Waals surface area contributed by atoms with Crippen LogP contribution in [0.25, 0.3) is 10.9 Å². The molecule has 1 aliphatic rings. The summed E-state index contributed by atoms with van der Waals surface area (Å²) < 4.78 is 10.3. The molecule has 7 heteroatoms. The lowest BCUT2D eigenvalue weighted by molar-refractivity contribution is 0.0600. The van der Waals surface area contributed by atoms with Gasteiger partial charge >= 0.3 is 12.0 Å². The van der Waals surface area contributed by atoms with E-state index in [-0.39, 0.29) is 12.1 Å². The molecule has 0 radical (unpaired) electrons. The number of aryl methyl sites for hydroxylation is 1. The van der Waals surface area contributed by atoms with Gasteiger partial charge in [-0.2, -0.15) is 0 Å². The summed E-state index contributed by atoms with van der Waals surface area (Å²) in [6, 6.07) is 20.5. The number of fused-ring (bicyclic) bond motifs is 3. The van der Waals surface area contributed by atoms with Crippen LogP contribution < -0.4 is 10.1 Å². The van der Waals surface area contributed by atoms with Crippen molar-refractivity contribution in [2.45, 2.75) is 19.4 Å². The van der Waals surface area contributed by atoms with Gasteiger partial charge in [-0.1, -0.05) is 35.9 Å². The number of ether oxygens (including phenoxy) is 2. The van der Waals surface area contributed by atoms with Gasteiger partial charge in [-0.05, 0) is 60.9 Å². The zero-order valence-electron chi connectivity index (χ0n) is 19.9. The Kier molecular flexibility index (Phi) is 5.91. The second kappa shape index (κ2) is 9.18. The molecule has 0 aliphatic carbocycles. The molecule has 2 heterocycles. The van der Waals surface area contributed by atoms with Crippen molar-refractivity contribution < 1.29 is 19.1 Å². The third kappa shape index (κ3) is 4.21. The Hall–Kier alpha value is -4.26. The molecule has 3 aromatic carbocycles. The smallest absolute Gasteiger partial charge is 0.337 e. The van der Waals surface area contributed by atoms with Gasteiger partial charge in [0.15, 0.2) is 0 Å². The highest BCUT2D eigenvalue weighted by molar-refractivity contribution is 5.95. The number of hydrogen-bond donors (Lipinski definition) is 2. The van der Waals surface area contributed by atoms with Gasteiger partial charge in [0, 0.05) is 28.8 Å². The van der Waals surface area contributed by atoms with Crippen molar-refractivity contribution in [1.82, 2.24) is 9.88 Å². The quantitative estimate of drug-likeness (QED) is 0.389. The van der Waals surface area contributed by atoms with E-state index in [1.54, 1.807) is 31.4 Å².